The van der Waals surface area contributed by atoms with Crippen LogP contribution in [0.1, 0.15) is 16.1 Å². The summed E-state index contributed by atoms with van der Waals surface area (Å²) in [6, 6.07) is 6.60. The summed E-state index contributed by atoms with van der Waals surface area (Å²) >= 11 is 0. The second kappa shape index (κ2) is 4.85. The third-order valence-electron chi connectivity index (χ3n) is 2.67. The first-order chi connectivity index (χ1) is 8.99. The number of aromatic nitrogens is 1. The number of amides is 1. The van der Waals surface area contributed by atoms with Crippen molar-refractivity contribution >= 4 is 17.3 Å². The topological polar surface area (TPSA) is 117 Å². The number of nitrogens with zero attached hydrogens (tertiary/aromatic N) is 1. The van der Waals surface area contributed by atoms with E-state index in [2.05, 4.69) is 4.98 Å². The number of ether oxygens (including phenoxy) is 1. The van der Waals surface area contributed by atoms with E-state index in [1.807, 2.05) is 0 Å². The van der Waals surface area contributed by atoms with Crippen LogP contribution in [0, 0.1) is 6.92 Å². The van der Waals surface area contributed by atoms with Crippen molar-refractivity contribution in [3.63, 3.8) is 0 Å². The van der Waals surface area contributed by atoms with Gasteiger partial charge in [0.05, 0.1) is 11.4 Å². The van der Waals surface area contributed by atoms with E-state index in [4.69, 9.17) is 21.9 Å². The van der Waals surface area contributed by atoms with Crippen molar-refractivity contribution in [2.45, 2.75) is 6.92 Å². The number of hydrogen-bond acceptors (Lipinski definition) is 5. The fourth-order valence-corrected chi connectivity index (χ4v) is 1.62. The van der Waals surface area contributed by atoms with Gasteiger partial charge in [0.25, 0.3) is 5.91 Å². The quantitative estimate of drug-likeness (QED) is 0.720. The molecule has 1 amide bonds. The Morgan fingerprint density at radius 1 is 1.21 bits per heavy atom. The number of primary amides is 1. The van der Waals surface area contributed by atoms with Gasteiger partial charge in [-0.2, -0.15) is 0 Å². The van der Waals surface area contributed by atoms with Gasteiger partial charge in [0.1, 0.15) is 17.2 Å². The molecule has 0 aliphatic carbocycles. The summed E-state index contributed by atoms with van der Waals surface area (Å²) in [5, 5.41) is 0. The van der Waals surface area contributed by atoms with Gasteiger partial charge in [-0.1, -0.05) is 0 Å². The Kier molecular flexibility index (Phi) is 3.24. The minimum Gasteiger partial charge on any atom is -0.457 e. The monoisotopic (exact) mass is 258 g/mol. The number of nitrogens with two attached hydrogens (primary N) is 3. The molecule has 0 saturated carbocycles. The molecule has 6 N–H and O–H groups in total. The minimum atomic E-state index is -0.597. The summed E-state index contributed by atoms with van der Waals surface area (Å²) in [6.07, 6.45) is 1.46. The lowest BCUT2D eigenvalue weighted by Crippen LogP contribution is -2.15. The maximum atomic E-state index is 11.2. The van der Waals surface area contributed by atoms with E-state index in [-0.39, 0.29) is 5.69 Å². The smallest absolute Gasteiger partial charge is 0.267 e. The Hall–Kier alpha value is -2.76. The zero-order valence-electron chi connectivity index (χ0n) is 10.4. The van der Waals surface area contributed by atoms with Gasteiger partial charge in [-0.05, 0) is 25.1 Å². The highest BCUT2D eigenvalue weighted by molar-refractivity contribution is 5.92. The molecule has 0 radical (unpaired) electrons. The van der Waals surface area contributed by atoms with Crippen molar-refractivity contribution in [2.24, 2.45) is 5.73 Å². The molecule has 98 valence electrons. The second-order valence-corrected chi connectivity index (χ2v) is 4.04. The molecule has 2 aromatic rings. The molecule has 6 nitrogen and oxygen atoms in total. The van der Waals surface area contributed by atoms with E-state index >= 15 is 0 Å². The standard InChI is InChI=1S/C13H14N4O2/c1-7-11(4-5-17-12(7)13(16)18)19-8-2-3-9(14)10(15)6-8/h2-6H,14-15H2,1H3,(H2,16,18). The fraction of sp³-hybridized carbons (Fsp3) is 0.0769. The lowest BCUT2D eigenvalue weighted by Gasteiger charge is -2.11. The van der Waals surface area contributed by atoms with Gasteiger partial charge < -0.3 is 21.9 Å². The predicted molar refractivity (Wildman–Crippen MR) is 72.8 cm³/mol. The number of pyridine rings is 1. The predicted octanol–water partition coefficient (Wildman–Crippen LogP) is 1.45. The third-order valence-corrected chi connectivity index (χ3v) is 2.67. The van der Waals surface area contributed by atoms with Gasteiger partial charge in [-0.3, -0.25) is 9.78 Å². The van der Waals surface area contributed by atoms with E-state index < -0.39 is 5.91 Å². The molecule has 0 atom stereocenters. The van der Waals surface area contributed by atoms with Crippen LogP contribution in [-0.2, 0) is 0 Å². The Morgan fingerprint density at radius 3 is 2.58 bits per heavy atom. The lowest BCUT2D eigenvalue weighted by atomic mass is 10.2. The van der Waals surface area contributed by atoms with Gasteiger partial charge >= 0.3 is 0 Å². The van der Waals surface area contributed by atoms with Crippen LogP contribution in [0.15, 0.2) is 30.5 Å². The first-order valence-electron chi connectivity index (χ1n) is 5.57. The van der Waals surface area contributed by atoms with E-state index in [0.29, 0.717) is 28.4 Å². The molecule has 1 aromatic heterocycles. The molecule has 0 unspecified atom stereocenters. The van der Waals surface area contributed by atoms with E-state index in [1.54, 1.807) is 31.2 Å². The van der Waals surface area contributed by atoms with Crippen molar-refractivity contribution in [3.8, 4) is 11.5 Å². The largest absolute Gasteiger partial charge is 0.457 e. The molecule has 6 heteroatoms. The maximum Gasteiger partial charge on any atom is 0.267 e. The van der Waals surface area contributed by atoms with Crippen LogP contribution in [-0.4, -0.2) is 10.9 Å². The molecule has 0 bridgehead atoms. The molecule has 0 aliphatic heterocycles. The number of hydrogen-bond donors (Lipinski definition) is 3. The van der Waals surface area contributed by atoms with Crippen molar-refractivity contribution in [2.75, 3.05) is 11.5 Å². The number of anilines is 2. The number of carbonyl (C=O) groups excluding carboxylic acids is 1. The highest BCUT2D eigenvalue weighted by atomic mass is 16.5. The van der Waals surface area contributed by atoms with Crippen LogP contribution >= 0.6 is 0 Å². The summed E-state index contributed by atoms with van der Waals surface area (Å²) < 4.78 is 5.65. The molecule has 0 saturated heterocycles. The van der Waals surface area contributed by atoms with Gasteiger partial charge in [-0.15, -0.1) is 0 Å². The Balaban J connectivity index is 2.35. The molecule has 0 fully saturated rings. The van der Waals surface area contributed by atoms with Crippen LogP contribution in [0.4, 0.5) is 11.4 Å². The van der Waals surface area contributed by atoms with Crippen molar-refractivity contribution < 1.29 is 9.53 Å². The average Bonchev–Trinajstić information content (AvgIpc) is 2.36. The molecule has 2 rings (SSSR count). The van der Waals surface area contributed by atoms with Crippen molar-refractivity contribution in [1.29, 1.82) is 0 Å². The van der Waals surface area contributed by atoms with E-state index in [0.717, 1.165) is 0 Å². The number of nitrogen functional groups attached to an aromatic ring is 2. The summed E-state index contributed by atoms with van der Waals surface area (Å²) in [7, 11) is 0. The minimum absolute atomic E-state index is 0.181. The van der Waals surface area contributed by atoms with Gasteiger partial charge in [0.2, 0.25) is 0 Å². The van der Waals surface area contributed by atoms with Crippen molar-refractivity contribution in [3.05, 3.63) is 41.7 Å². The highest BCUT2D eigenvalue weighted by Crippen LogP contribution is 2.29. The molecule has 1 aromatic carbocycles. The van der Waals surface area contributed by atoms with Crippen LogP contribution in [0.3, 0.4) is 0 Å². The van der Waals surface area contributed by atoms with Crippen LogP contribution in [0.2, 0.25) is 0 Å². The molecule has 1 heterocycles. The van der Waals surface area contributed by atoms with Crippen LogP contribution in [0.5, 0.6) is 11.5 Å². The summed E-state index contributed by atoms with van der Waals surface area (Å²) in [5.41, 5.74) is 18.2. The van der Waals surface area contributed by atoms with Crippen molar-refractivity contribution in [1.82, 2.24) is 4.98 Å². The first kappa shape index (κ1) is 12.7. The lowest BCUT2D eigenvalue weighted by molar-refractivity contribution is 0.0994. The zero-order valence-corrected chi connectivity index (χ0v) is 10.4. The average molecular weight is 258 g/mol. The van der Waals surface area contributed by atoms with Crippen LogP contribution in [0.25, 0.3) is 0 Å². The fourth-order valence-electron chi connectivity index (χ4n) is 1.62. The zero-order chi connectivity index (χ0) is 14.0. The second-order valence-electron chi connectivity index (χ2n) is 4.04. The van der Waals surface area contributed by atoms with Gasteiger partial charge in [-0.25, -0.2) is 0 Å². The maximum absolute atomic E-state index is 11.2. The summed E-state index contributed by atoms with van der Waals surface area (Å²) in [6.45, 7) is 1.71. The van der Waals surface area contributed by atoms with Gasteiger partial charge in [0.15, 0.2) is 0 Å². The number of carbonyl (C=O) groups is 1. The van der Waals surface area contributed by atoms with Gasteiger partial charge in [0, 0.05) is 17.8 Å². The van der Waals surface area contributed by atoms with E-state index in [9.17, 15) is 4.79 Å². The third kappa shape index (κ3) is 2.57. The summed E-state index contributed by atoms with van der Waals surface area (Å²) in [5.74, 6) is 0.421. The number of rotatable bonds is 3. The molecular formula is C13H14N4O2. The van der Waals surface area contributed by atoms with Crippen LogP contribution < -0.4 is 21.9 Å². The Labute approximate surface area is 110 Å². The highest BCUT2D eigenvalue weighted by Gasteiger charge is 2.12. The number of benzene rings is 1. The summed E-state index contributed by atoms with van der Waals surface area (Å²) in [4.78, 5) is 15.1. The molecular weight excluding hydrogens is 244 g/mol. The molecule has 0 aliphatic rings. The Bertz CT molecular complexity index is 641. The SMILES string of the molecule is Cc1c(Oc2ccc(N)c(N)c2)ccnc1C(N)=O. The molecule has 19 heavy (non-hydrogen) atoms. The normalized spacial score (nSPS) is 10.2. The Morgan fingerprint density at radius 2 is 1.95 bits per heavy atom. The first-order valence-corrected chi connectivity index (χ1v) is 5.57. The molecule has 0 spiro atoms. The van der Waals surface area contributed by atoms with E-state index in [1.165, 1.54) is 6.20 Å².